The van der Waals surface area contributed by atoms with Crippen molar-refractivity contribution in [2.24, 2.45) is 0 Å². The molecule has 0 spiro atoms. The molecule has 2 saturated heterocycles. The summed E-state index contributed by atoms with van der Waals surface area (Å²) in [6.45, 7) is 8.66. The fraction of sp³-hybridized carbons (Fsp3) is 0.750. The van der Waals surface area contributed by atoms with Gasteiger partial charge < -0.3 is 10.0 Å². The van der Waals surface area contributed by atoms with Crippen molar-refractivity contribution in [1.29, 1.82) is 0 Å². The number of nitrogens with zero attached hydrogens (tertiary/aromatic N) is 4. The van der Waals surface area contributed by atoms with E-state index in [1.54, 1.807) is 0 Å². The fourth-order valence-electron chi connectivity index (χ4n) is 3.51. The molecule has 0 aromatic carbocycles. The predicted molar refractivity (Wildman–Crippen MR) is 83.5 cm³/mol. The number of hydrogen-bond acceptors (Lipinski definition) is 5. The Hall–Kier alpha value is -1.20. The van der Waals surface area contributed by atoms with Crippen LogP contribution in [-0.2, 0) is 6.61 Å². The van der Waals surface area contributed by atoms with Gasteiger partial charge in [-0.3, -0.25) is 4.90 Å². The van der Waals surface area contributed by atoms with E-state index in [1.165, 1.54) is 32.4 Å². The standard InChI is InChI=1S/C16H26N4O/c1-12(2)16-17-9-15(14(11-21)18-16)20-8-4-7-19-6-3-5-13(19)10-20/h9,12-13,21H,3-8,10-11H2,1-2H3. The maximum absolute atomic E-state index is 9.69. The normalized spacial score (nSPS) is 23.4. The average molecular weight is 290 g/mol. The zero-order valence-corrected chi connectivity index (χ0v) is 13.1. The van der Waals surface area contributed by atoms with Gasteiger partial charge in [-0.2, -0.15) is 0 Å². The number of aromatic nitrogens is 2. The summed E-state index contributed by atoms with van der Waals surface area (Å²) in [4.78, 5) is 14.1. The second-order valence-corrected chi connectivity index (χ2v) is 6.50. The first kappa shape index (κ1) is 14.7. The maximum atomic E-state index is 9.69. The Morgan fingerprint density at radius 3 is 2.86 bits per heavy atom. The van der Waals surface area contributed by atoms with E-state index in [-0.39, 0.29) is 6.61 Å². The van der Waals surface area contributed by atoms with E-state index < -0.39 is 0 Å². The topological polar surface area (TPSA) is 52.5 Å². The summed E-state index contributed by atoms with van der Waals surface area (Å²) in [6.07, 6.45) is 5.69. The van der Waals surface area contributed by atoms with Crippen molar-refractivity contribution in [1.82, 2.24) is 14.9 Å². The second kappa shape index (κ2) is 6.28. The third kappa shape index (κ3) is 3.04. The Balaban J connectivity index is 1.84. The van der Waals surface area contributed by atoms with E-state index >= 15 is 0 Å². The summed E-state index contributed by atoms with van der Waals surface area (Å²) in [5.41, 5.74) is 1.80. The molecule has 1 aromatic heterocycles. The lowest BCUT2D eigenvalue weighted by Gasteiger charge is -2.28. The predicted octanol–water partition coefficient (Wildman–Crippen LogP) is 1.77. The number of aliphatic hydroxyl groups is 1. The van der Waals surface area contributed by atoms with Crippen LogP contribution in [0.5, 0.6) is 0 Å². The van der Waals surface area contributed by atoms with Gasteiger partial charge in [-0.25, -0.2) is 9.97 Å². The molecule has 1 atom stereocenters. The van der Waals surface area contributed by atoms with Crippen LogP contribution in [0, 0.1) is 0 Å². The van der Waals surface area contributed by atoms with Crippen molar-refractivity contribution < 1.29 is 5.11 Å². The molecule has 5 heteroatoms. The van der Waals surface area contributed by atoms with Crippen molar-refractivity contribution >= 4 is 5.69 Å². The summed E-state index contributed by atoms with van der Waals surface area (Å²) in [7, 11) is 0. The summed E-state index contributed by atoms with van der Waals surface area (Å²) in [5.74, 6) is 1.11. The van der Waals surface area contributed by atoms with Gasteiger partial charge in [-0.15, -0.1) is 0 Å². The number of hydrogen-bond donors (Lipinski definition) is 1. The molecule has 2 fully saturated rings. The Labute approximate surface area is 127 Å². The van der Waals surface area contributed by atoms with Gasteiger partial charge in [-0.1, -0.05) is 13.8 Å². The van der Waals surface area contributed by atoms with Crippen LogP contribution < -0.4 is 4.90 Å². The van der Waals surface area contributed by atoms with Crippen LogP contribution in [0.3, 0.4) is 0 Å². The minimum Gasteiger partial charge on any atom is -0.390 e. The molecule has 0 aliphatic carbocycles. The fourth-order valence-corrected chi connectivity index (χ4v) is 3.51. The lowest BCUT2D eigenvalue weighted by molar-refractivity contribution is 0.271. The van der Waals surface area contributed by atoms with Crippen LogP contribution in [0.2, 0.25) is 0 Å². The molecule has 0 amide bonds. The van der Waals surface area contributed by atoms with E-state index in [2.05, 4.69) is 33.6 Å². The second-order valence-electron chi connectivity index (χ2n) is 6.50. The number of fused-ring (bicyclic) bond motifs is 1. The molecule has 0 saturated carbocycles. The molecule has 0 radical (unpaired) electrons. The van der Waals surface area contributed by atoms with Crippen molar-refractivity contribution in [3.8, 4) is 0 Å². The highest BCUT2D eigenvalue weighted by molar-refractivity contribution is 5.49. The van der Waals surface area contributed by atoms with Crippen LogP contribution in [0.4, 0.5) is 5.69 Å². The van der Waals surface area contributed by atoms with Crippen molar-refractivity contribution in [3.05, 3.63) is 17.7 Å². The van der Waals surface area contributed by atoms with Gasteiger partial charge >= 0.3 is 0 Å². The van der Waals surface area contributed by atoms with Crippen molar-refractivity contribution in [2.45, 2.75) is 51.7 Å². The molecule has 1 N–H and O–H groups in total. The van der Waals surface area contributed by atoms with Gasteiger partial charge in [0.25, 0.3) is 0 Å². The third-order valence-corrected chi connectivity index (χ3v) is 4.67. The third-order valence-electron chi connectivity index (χ3n) is 4.67. The summed E-state index contributed by atoms with van der Waals surface area (Å²) >= 11 is 0. The maximum Gasteiger partial charge on any atom is 0.131 e. The molecular weight excluding hydrogens is 264 g/mol. The van der Waals surface area contributed by atoms with Crippen molar-refractivity contribution in [3.63, 3.8) is 0 Å². The molecule has 0 bridgehead atoms. The summed E-state index contributed by atoms with van der Waals surface area (Å²) in [6, 6.07) is 0.656. The summed E-state index contributed by atoms with van der Waals surface area (Å²) < 4.78 is 0. The number of anilines is 1. The highest BCUT2D eigenvalue weighted by atomic mass is 16.3. The van der Waals surface area contributed by atoms with Gasteiger partial charge in [-0.05, 0) is 25.8 Å². The largest absolute Gasteiger partial charge is 0.390 e. The monoisotopic (exact) mass is 290 g/mol. The smallest absolute Gasteiger partial charge is 0.131 e. The number of aliphatic hydroxyl groups excluding tert-OH is 1. The highest BCUT2D eigenvalue weighted by Crippen LogP contribution is 2.27. The SMILES string of the molecule is CC(C)c1ncc(N2CCCN3CCCC3C2)c(CO)n1. The van der Waals surface area contributed by atoms with Crippen molar-refractivity contribution in [2.75, 3.05) is 31.1 Å². The van der Waals surface area contributed by atoms with E-state index in [0.29, 0.717) is 12.0 Å². The first-order valence-corrected chi connectivity index (χ1v) is 8.14. The minimum atomic E-state index is -0.0115. The lowest BCUT2D eigenvalue weighted by Crippen LogP contribution is -2.37. The lowest BCUT2D eigenvalue weighted by atomic mass is 10.1. The number of rotatable bonds is 3. The zero-order valence-electron chi connectivity index (χ0n) is 13.1. The average Bonchev–Trinajstić information content (AvgIpc) is 2.83. The minimum absolute atomic E-state index is 0.0115. The molecule has 21 heavy (non-hydrogen) atoms. The Bertz CT molecular complexity index is 491. The Morgan fingerprint density at radius 1 is 1.29 bits per heavy atom. The Kier molecular flexibility index (Phi) is 4.40. The molecule has 3 rings (SSSR count). The quantitative estimate of drug-likeness (QED) is 0.919. The molecule has 1 unspecified atom stereocenters. The molecule has 116 valence electrons. The van der Waals surface area contributed by atoms with Gasteiger partial charge in [0.2, 0.25) is 0 Å². The first-order chi connectivity index (χ1) is 10.2. The molecule has 1 aromatic rings. The molecule has 3 heterocycles. The van der Waals surface area contributed by atoms with Crippen LogP contribution in [-0.4, -0.2) is 52.2 Å². The van der Waals surface area contributed by atoms with Crippen LogP contribution in [0.1, 0.15) is 50.5 Å². The highest BCUT2D eigenvalue weighted by Gasteiger charge is 2.29. The molecule has 2 aliphatic rings. The molecular formula is C16H26N4O. The molecule has 2 aliphatic heterocycles. The first-order valence-electron chi connectivity index (χ1n) is 8.14. The van der Waals surface area contributed by atoms with E-state index in [4.69, 9.17) is 0 Å². The van der Waals surface area contributed by atoms with Crippen LogP contribution >= 0.6 is 0 Å². The summed E-state index contributed by atoms with van der Waals surface area (Å²) in [5, 5.41) is 9.69. The molecule has 5 nitrogen and oxygen atoms in total. The van der Waals surface area contributed by atoms with Gasteiger partial charge in [0.05, 0.1) is 24.2 Å². The van der Waals surface area contributed by atoms with Crippen LogP contribution in [0.25, 0.3) is 0 Å². The van der Waals surface area contributed by atoms with Crippen LogP contribution in [0.15, 0.2) is 6.20 Å². The zero-order chi connectivity index (χ0) is 14.8. The van der Waals surface area contributed by atoms with Gasteiger partial charge in [0.1, 0.15) is 5.82 Å². The van der Waals surface area contributed by atoms with E-state index in [1.807, 2.05) is 6.20 Å². The van der Waals surface area contributed by atoms with Gasteiger partial charge in [0, 0.05) is 31.6 Å². The van der Waals surface area contributed by atoms with E-state index in [0.717, 1.165) is 30.3 Å². The Morgan fingerprint density at radius 2 is 2.10 bits per heavy atom. The van der Waals surface area contributed by atoms with E-state index in [9.17, 15) is 5.11 Å². The van der Waals surface area contributed by atoms with Gasteiger partial charge in [0.15, 0.2) is 0 Å².